The van der Waals surface area contributed by atoms with Crippen molar-refractivity contribution in [2.45, 2.75) is 45.6 Å². The third kappa shape index (κ3) is 4.50. The molecule has 0 bridgehead atoms. The van der Waals surface area contributed by atoms with Gasteiger partial charge in [0.15, 0.2) is 0 Å². The van der Waals surface area contributed by atoms with Crippen LogP contribution in [0.4, 0.5) is 0 Å². The Morgan fingerprint density at radius 1 is 1.28 bits per heavy atom. The zero-order chi connectivity index (χ0) is 22.6. The number of aryl methyl sites for hydroxylation is 2. The van der Waals surface area contributed by atoms with E-state index in [4.69, 9.17) is 19.3 Å². The molecule has 0 unspecified atom stereocenters. The molecule has 4 rings (SSSR count). The van der Waals surface area contributed by atoms with E-state index in [0.717, 1.165) is 43.7 Å². The number of methoxy groups -OCH3 is 1. The van der Waals surface area contributed by atoms with Crippen LogP contribution in [0.5, 0.6) is 5.75 Å². The maximum atomic E-state index is 12.9. The Labute approximate surface area is 188 Å². The molecule has 1 amide bonds. The quantitative estimate of drug-likeness (QED) is 0.525. The molecule has 8 heteroatoms. The zero-order valence-corrected chi connectivity index (χ0v) is 18.8. The van der Waals surface area contributed by atoms with Crippen molar-refractivity contribution >= 4 is 11.9 Å². The van der Waals surface area contributed by atoms with E-state index >= 15 is 0 Å². The minimum absolute atomic E-state index is 0.0197. The highest BCUT2D eigenvalue weighted by Crippen LogP contribution is 2.37. The molecule has 3 heterocycles. The van der Waals surface area contributed by atoms with Crippen LogP contribution in [-0.4, -0.2) is 55.1 Å². The maximum absolute atomic E-state index is 12.9. The summed E-state index contributed by atoms with van der Waals surface area (Å²) in [4.78, 5) is 25.3. The Hall–Kier alpha value is -2.87. The highest BCUT2D eigenvalue weighted by atomic mass is 16.5. The number of para-hydroxylation sites is 1. The van der Waals surface area contributed by atoms with Crippen LogP contribution in [0.1, 0.15) is 58.3 Å². The van der Waals surface area contributed by atoms with Gasteiger partial charge in [-0.2, -0.15) is 5.10 Å². The molecule has 1 spiro atoms. The van der Waals surface area contributed by atoms with Crippen molar-refractivity contribution in [1.29, 1.82) is 0 Å². The lowest BCUT2D eigenvalue weighted by Crippen LogP contribution is -2.40. The van der Waals surface area contributed by atoms with E-state index in [1.54, 1.807) is 22.9 Å². The number of hydrogen-bond acceptors (Lipinski definition) is 6. The minimum Gasteiger partial charge on any atom is -0.496 e. The number of nitrogens with one attached hydrogen (secondary N) is 1. The summed E-state index contributed by atoms with van der Waals surface area (Å²) in [7, 11) is 1.53. The van der Waals surface area contributed by atoms with E-state index in [1.165, 1.54) is 7.11 Å². The predicted octanol–water partition coefficient (Wildman–Crippen LogP) is 2.78. The molecule has 1 fully saturated rings. The van der Waals surface area contributed by atoms with E-state index in [2.05, 4.69) is 5.32 Å². The number of nitrogens with zero attached hydrogens (tertiary/aromatic N) is 2. The Bertz CT molecular complexity index is 978. The van der Waals surface area contributed by atoms with Gasteiger partial charge in [-0.05, 0) is 56.6 Å². The second kappa shape index (κ2) is 9.73. The number of amides is 1. The first-order valence-corrected chi connectivity index (χ1v) is 11.3. The molecule has 172 valence electrons. The second-order valence-corrected chi connectivity index (χ2v) is 8.50. The number of benzene rings is 1. The normalized spacial score (nSPS) is 17.4. The van der Waals surface area contributed by atoms with Gasteiger partial charge in [0, 0.05) is 31.9 Å². The summed E-state index contributed by atoms with van der Waals surface area (Å²) >= 11 is 0. The number of aromatic nitrogens is 2. The monoisotopic (exact) mass is 441 g/mol. The SMILES string of the molecule is CCn1nc(CCCOC(=O)c2ccccc2OC)c2c1C(=O)NCC1(CCOCC1)C2. The van der Waals surface area contributed by atoms with Crippen LogP contribution in [-0.2, 0) is 28.9 Å². The van der Waals surface area contributed by atoms with Crippen LogP contribution in [0.3, 0.4) is 0 Å². The lowest BCUT2D eigenvalue weighted by Gasteiger charge is -2.36. The summed E-state index contributed by atoms with van der Waals surface area (Å²) in [5.74, 6) is 0.0461. The van der Waals surface area contributed by atoms with Gasteiger partial charge in [-0.15, -0.1) is 0 Å². The average Bonchev–Trinajstić information content (AvgIpc) is 3.10. The molecule has 1 aromatic carbocycles. The van der Waals surface area contributed by atoms with Crippen LogP contribution in [0.2, 0.25) is 0 Å². The summed E-state index contributed by atoms with van der Waals surface area (Å²) in [6, 6.07) is 7.02. The van der Waals surface area contributed by atoms with Gasteiger partial charge in [0.1, 0.15) is 17.0 Å². The number of hydrogen-bond donors (Lipinski definition) is 1. The van der Waals surface area contributed by atoms with Gasteiger partial charge in [0.2, 0.25) is 0 Å². The molecular weight excluding hydrogens is 410 g/mol. The fraction of sp³-hybridized carbons (Fsp3) is 0.542. The Morgan fingerprint density at radius 3 is 2.81 bits per heavy atom. The number of carbonyl (C=O) groups is 2. The van der Waals surface area contributed by atoms with Crippen LogP contribution in [0, 0.1) is 5.41 Å². The van der Waals surface area contributed by atoms with Crippen LogP contribution >= 0.6 is 0 Å². The van der Waals surface area contributed by atoms with Gasteiger partial charge >= 0.3 is 5.97 Å². The molecule has 0 atom stereocenters. The van der Waals surface area contributed by atoms with Crippen molar-refractivity contribution in [2.24, 2.45) is 5.41 Å². The number of carbonyl (C=O) groups excluding carboxylic acids is 2. The van der Waals surface area contributed by atoms with Gasteiger partial charge in [0.25, 0.3) is 5.91 Å². The minimum atomic E-state index is -0.402. The molecule has 0 radical (unpaired) electrons. The maximum Gasteiger partial charge on any atom is 0.341 e. The number of rotatable bonds is 7. The fourth-order valence-corrected chi connectivity index (χ4v) is 4.66. The fourth-order valence-electron chi connectivity index (χ4n) is 4.66. The number of fused-ring (bicyclic) bond motifs is 1. The van der Waals surface area contributed by atoms with Crippen molar-refractivity contribution in [3.8, 4) is 5.75 Å². The Balaban J connectivity index is 1.45. The topological polar surface area (TPSA) is 91.7 Å². The molecule has 1 N–H and O–H groups in total. The molecule has 1 aromatic heterocycles. The zero-order valence-electron chi connectivity index (χ0n) is 18.8. The third-order valence-electron chi connectivity index (χ3n) is 6.50. The van der Waals surface area contributed by atoms with Gasteiger partial charge in [-0.3, -0.25) is 9.48 Å². The van der Waals surface area contributed by atoms with Crippen molar-refractivity contribution in [2.75, 3.05) is 33.5 Å². The van der Waals surface area contributed by atoms with Crippen molar-refractivity contribution in [3.05, 3.63) is 46.8 Å². The summed E-state index contributed by atoms with van der Waals surface area (Å²) in [6.45, 7) is 5.02. The van der Waals surface area contributed by atoms with E-state index in [1.807, 2.05) is 13.0 Å². The average molecular weight is 442 g/mol. The predicted molar refractivity (Wildman–Crippen MR) is 118 cm³/mol. The largest absolute Gasteiger partial charge is 0.496 e. The number of ether oxygens (including phenoxy) is 3. The first-order valence-electron chi connectivity index (χ1n) is 11.3. The Morgan fingerprint density at radius 2 is 2.06 bits per heavy atom. The highest BCUT2D eigenvalue weighted by Gasteiger charge is 2.39. The summed E-state index contributed by atoms with van der Waals surface area (Å²) in [5, 5.41) is 7.87. The van der Waals surface area contributed by atoms with Gasteiger partial charge in [-0.1, -0.05) is 12.1 Å². The van der Waals surface area contributed by atoms with Crippen LogP contribution < -0.4 is 10.1 Å². The van der Waals surface area contributed by atoms with E-state index in [9.17, 15) is 9.59 Å². The molecule has 0 aliphatic carbocycles. The van der Waals surface area contributed by atoms with Crippen molar-refractivity contribution in [1.82, 2.24) is 15.1 Å². The lowest BCUT2D eigenvalue weighted by molar-refractivity contribution is 0.0160. The van der Waals surface area contributed by atoms with Gasteiger partial charge in [-0.25, -0.2) is 4.79 Å². The first-order chi connectivity index (χ1) is 15.6. The van der Waals surface area contributed by atoms with Gasteiger partial charge < -0.3 is 19.5 Å². The highest BCUT2D eigenvalue weighted by molar-refractivity contribution is 5.95. The third-order valence-corrected chi connectivity index (χ3v) is 6.50. The molecule has 32 heavy (non-hydrogen) atoms. The molecule has 2 aromatic rings. The number of esters is 1. The van der Waals surface area contributed by atoms with Crippen LogP contribution in [0.25, 0.3) is 0 Å². The summed E-state index contributed by atoms with van der Waals surface area (Å²) in [5.41, 5.74) is 3.08. The molecule has 1 saturated heterocycles. The smallest absolute Gasteiger partial charge is 0.341 e. The first kappa shape index (κ1) is 22.3. The lowest BCUT2D eigenvalue weighted by atomic mass is 9.75. The molecule has 2 aliphatic rings. The van der Waals surface area contributed by atoms with E-state index in [0.29, 0.717) is 42.9 Å². The summed E-state index contributed by atoms with van der Waals surface area (Å²) < 4.78 is 18.1. The molecule has 0 saturated carbocycles. The van der Waals surface area contributed by atoms with Crippen molar-refractivity contribution in [3.63, 3.8) is 0 Å². The molecule has 8 nitrogen and oxygen atoms in total. The van der Waals surface area contributed by atoms with Crippen LogP contribution in [0.15, 0.2) is 24.3 Å². The summed E-state index contributed by atoms with van der Waals surface area (Å²) in [6.07, 6.45) is 3.96. The Kier molecular flexibility index (Phi) is 6.79. The van der Waals surface area contributed by atoms with E-state index in [-0.39, 0.29) is 17.9 Å². The standard InChI is InChI=1S/C24H31N3O5/c1-3-27-21-18(15-24(16-25-22(21)28)10-13-31-14-11-24)19(26-27)8-6-12-32-23(29)17-7-4-5-9-20(17)30-2/h4-5,7,9H,3,6,8,10-16H2,1-2H3,(H,25,28). The van der Waals surface area contributed by atoms with E-state index < -0.39 is 5.97 Å². The molecular formula is C24H31N3O5. The van der Waals surface area contributed by atoms with Gasteiger partial charge in [0.05, 0.1) is 19.4 Å². The molecule has 2 aliphatic heterocycles. The second-order valence-electron chi connectivity index (χ2n) is 8.50. The van der Waals surface area contributed by atoms with Crippen molar-refractivity contribution < 1.29 is 23.8 Å².